The fourth-order valence-electron chi connectivity index (χ4n) is 3.51. The second-order valence-corrected chi connectivity index (χ2v) is 9.62. The summed E-state index contributed by atoms with van der Waals surface area (Å²) in [5.41, 5.74) is 1.26. The molecule has 0 atom stereocenters. The molecule has 1 aromatic heterocycles. The Hall–Kier alpha value is -2.10. The summed E-state index contributed by atoms with van der Waals surface area (Å²) in [6, 6.07) is 5.86. The van der Waals surface area contributed by atoms with E-state index in [1.54, 1.807) is 6.92 Å². The lowest BCUT2D eigenvalue weighted by molar-refractivity contribution is 0.312. The van der Waals surface area contributed by atoms with Gasteiger partial charge in [-0.1, -0.05) is 0 Å². The third-order valence-corrected chi connectivity index (χ3v) is 7.01. The zero-order chi connectivity index (χ0) is 21.2. The van der Waals surface area contributed by atoms with Crippen LogP contribution in [0.1, 0.15) is 35.8 Å². The third-order valence-electron chi connectivity index (χ3n) is 5.12. The van der Waals surface area contributed by atoms with Gasteiger partial charge in [0.25, 0.3) is 0 Å². The molecule has 2 aromatic rings. The summed E-state index contributed by atoms with van der Waals surface area (Å²) in [6.07, 6.45) is 1.29. The van der Waals surface area contributed by atoms with Gasteiger partial charge in [-0.25, -0.2) is 22.8 Å². The lowest BCUT2D eigenvalue weighted by Crippen LogP contribution is -2.38. The first kappa shape index (κ1) is 21.6. The molecular weight excluding hydrogens is 393 g/mol. The Balaban J connectivity index is 1.75. The first-order chi connectivity index (χ1) is 13.7. The van der Waals surface area contributed by atoms with E-state index in [0.717, 1.165) is 17.3 Å². The smallest absolute Gasteiger partial charge is 0.243 e. The number of rotatable bonds is 6. The number of aromatic nitrogens is 2. The first-order valence-corrected chi connectivity index (χ1v) is 11.1. The molecule has 2 heterocycles. The fourth-order valence-corrected chi connectivity index (χ4v) is 5.07. The summed E-state index contributed by atoms with van der Waals surface area (Å²) in [5.74, 6) is 1.22. The zero-order valence-electron chi connectivity index (χ0n) is 17.3. The van der Waals surface area contributed by atoms with Crippen LogP contribution in [0.15, 0.2) is 29.2 Å². The fraction of sp³-hybridized carbons (Fsp3) is 0.500. The Morgan fingerprint density at radius 2 is 1.90 bits per heavy atom. The molecule has 3 rings (SSSR count). The van der Waals surface area contributed by atoms with E-state index in [2.05, 4.69) is 10.3 Å². The second-order valence-electron chi connectivity index (χ2n) is 7.68. The molecule has 1 N–H and O–H groups in total. The number of benzene rings is 1. The summed E-state index contributed by atoms with van der Waals surface area (Å²) in [7, 11) is 2.16. The quantitative estimate of drug-likeness (QED) is 0.773. The van der Waals surface area contributed by atoms with Crippen LogP contribution in [0.2, 0.25) is 0 Å². The number of anilines is 1. The molecule has 1 aliphatic rings. The SMILES string of the molecule is CNc1cc(CN(C)C)nc(C2CCN(S(=O)(=O)c3ccc(F)c(C)c3)CC2)n1. The van der Waals surface area contributed by atoms with Gasteiger partial charge in [-0.05, 0) is 57.6 Å². The molecule has 0 amide bonds. The maximum absolute atomic E-state index is 13.5. The van der Waals surface area contributed by atoms with Crippen molar-refractivity contribution < 1.29 is 12.8 Å². The minimum Gasteiger partial charge on any atom is -0.373 e. The number of hydrogen-bond acceptors (Lipinski definition) is 6. The average molecular weight is 422 g/mol. The maximum Gasteiger partial charge on any atom is 0.243 e. The van der Waals surface area contributed by atoms with E-state index in [1.165, 1.54) is 22.5 Å². The topological polar surface area (TPSA) is 78.4 Å². The molecular formula is C20H28FN5O2S. The summed E-state index contributed by atoms with van der Waals surface area (Å²) in [5, 5.41) is 3.08. The van der Waals surface area contributed by atoms with Crippen molar-refractivity contribution in [2.45, 2.75) is 37.1 Å². The van der Waals surface area contributed by atoms with Gasteiger partial charge in [0.05, 0.1) is 10.6 Å². The second kappa shape index (κ2) is 8.73. The van der Waals surface area contributed by atoms with Crippen molar-refractivity contribution in [3.05, 3.63) is 47.2 Å². The number of sulfonamides is 1. The molecule has 7 nitrogen and oxygen atoms in total. The Morgan fingerprint density at radius 3 is 2.48 bits per heavy atom. The minimum absolute atomic E-state index is 0.102. The van der Waals surface area contributed by atoms with Gasteiger partial charge in [-0.15, -0.1) is 0 Å². The van der Waals surface area contributed by atoms with Gasteiger partial charge in [0, 0.05) is 38.7 Å². The van der Waals surface area contributed by atoms with Gasteiger partial charge >= 0.3 is 0 Å². The van der Waals surface area contributed by atoms with Crippen molar-refractivity contribution in [1.29, 1.82) is 0 Å². The van der Waals surface area contributed by atoms with Crippen LogP contribution >= 0.6 is 0 Å². The summed E-state index contributed by atoms with van der Waals surface area (Å²) in [6.45, 7) is 3.05. The molecule has 0 radical (unpaired) electrons. The monoisotopic (exact) mass is 421 g/mol. The minimum atomic E-state index is -3.64. The van der Waals surface area contributed by atoms with Crippen molar-refractivity contribution in [3.63, 3.8) is 0 Å². The normalized spacial score (nSPS) is 16.3. The highest BCUT2D eigenvalue weighted by Gasteiger charge is 2.31. The Morgan fingerprint density at radius 1 is 1.21 bits per heavy atom. The van der Waals surface area contributed by atoms with Crippen LogP contribution in [0.25, 0.3) is 0 Å². The standard InChI is InChI=1S/C20H28FN5O2S/c1-14-11-17(5-6-18(14)21)29(27,28)26-9-7-15(8-10-26)20-23-16(13-25(3)4)12-19(22-2)24-20/h5-6,11-12,15H,7-10,13H2,1-4H3,(H,22,23,24). The van der Waals surface area contributed by atoms with Crippen LogP contribution in [-0.4, -0.2) is 61.8 Å². The summed E-state index contributed by atoms with van der Waals surface area (Å²) < 4.78 is 40.8. The van der Waals surface area contributed by atoms with Crippen LogP contribution in [0.4, 0.5) is 10.2 Å². The highest BCUT2D eigenvalue weighted by molar-refractivity contribution is 7.89. The van der Waals surface area contributed by atoms with E-state index in [1.807, 2.05) is 32.1 Å². The number of piperidine rings is 1. The highest BCUT2D eigenvalue weighted by atomic mass is 32.2. The predicted octanol–water partition coefficient (Wildman–Crippen LogP) is 2.60. The van der Waals surface area contributed by atoms with Crippen molar-refractivity contribution >= 4 is 15.8 Å². The van der Waals surface area contributed by atoms with Crippen LogP contribution in [0, 0.1) is 12.7 Å². The number of halogens is 1. The van der Waals surface area contributed by atoms with Crippen molar-refractivity contribution in [2.24, 2.45) is 0 Å². The van der Waals surface area contributed by atoms with E-state index in [-0.39, 0.29) is 10.8 Å². The molecule has 29 heavy (non-hydrogen) atoms. The predicted molar refractivity (Wildman–Crippen MR) is 111 cm³/mol. The molecule has 9 heteroatoms. The number of nitrogens with one attached hydrogen (secondary N) is 1. The van der Waals surface area contributed by atoms with Gasteiger partial charge in [0.15, 0.2) is 0 Å². The van der Waals surface area contributed by atoms with E-state index >= 15 is 0 Å². The van der Waals surface area contributed by atoms with Crippen molar-refractivity contribution in [3.8, 4) is 0 Å². The molecule has 1 fully saturated rings. The lowest BCUT2D eigenvalue weighted by atomic mass is 9.97. The first-order valence-electron chi connectivity index (χ1n) is 9.67. The third kappa shape index (κ3) is 4.91. The highest BCUT2D eigenvalue weighted by Crippen LogP contribution is 2.30. The summed E-state index contributed by atoms with van der Waals surface area (Å²) >= 11 is 0. The molecule has 0 aliphatic carbocycles. The molecule has 0 unspecified atom stereocenters. The van der Waals surface area contributed by atoms with Crippen molar-refractivity contribution in [2.75, 3.05) is 39.5 Å². The van der Waals surface area contributed by atoms with Crippen LogP contribution < -0.4 is 5.32 Å². The number of hydrogen-bond donors (Lipinski definition) is 1. The van der Waals surface area contributed by atoms with Crippen LogP contribution in [0.5, 0.6) is 0 Å². The van der Waals surface area contributed by atoms with Gasteiger partial charge in [0.2, 0.25) is 10.0 Å². The summed E-state index contributed by atoms with van der Waals surface area (Å²) in [4.78, 5) is 11.5. The maximum atomic E-state index is 13.5. The number of aryl methyl sites for hydroxylation is 1. The Kier molecular flexibility index (Phi) is 6.50. The van der Waals surface area contributed by atoms with E-state index in [4.69, 9.17) is 4.98 Å². The zero-order valence-corrected chi connectivity index (χ0v) is 18.1. The molecule has 1 saturated heterocycles. The van der Waals surface area contributed by atoms with E-state index < -0.39 is 15.8 Å². The van der Waals surface area contributed by atoms with Crippen molar-refractivity contribution in [1.82, 2.24) is 19.2 Å². The lowest BCUT2D eigenvalue weighted by Gasteiger charge is -2.31. The van der Waals surface area contributed by atoms with Crippen LogP contribution in [-0.2, 0) is 16.6 Å². The molecule has 1 aliphatic heterocycles. The molecule has 158 valence electrons. The van der Waals surface area contributed by atoms with E-state index in [9.17, 15) is 12.8 Å². The van der Waals surface area contributed by atoms with Gasteiger partial charge < -0.3 is 10.2 Å². The Bertz CT molecular complexity index is 973. The molecule has 1 aromatic carbocycles. The number of nitrogens with zero attached hydrogens (tertiary/aromatic N) is 4. The molecule has 0 saturated carbocycles. The van der Waals surface area contributed by atoms with E-state index in [0.29, 0.717) is 38.0 Å². The van der Waals surface area contributed by atoms with Gasteiger partial charge in [-0.2, -0.15) is 4.31 Å². The average Bonchev–Trinajstić information content (AvgIpc) is 2.69. The molecule has 0 spiro atoms. The largest absolute Gasteiger partial charge is 0.373 e. The molecule has 0 bridgehead atoms. The van der Waals surface area contributed by atoms with Crippen LogP contribution in [0.3, 0.4) is 0 Å². The van der Waals surface area contributed by atoms with Gasteiger partial charge in [-0.3, -0.25) is 0 Å². The van der Waals surface area contributed by atoms with Gasteiger partial charge in [0.1, 0.15) is 17.5 Å². The Labute approximate surface area is 172 Å².